The number of amides is 4. The molecule has 5 rings (SSSR count). The van der Waals surface area contributed by atoms with Crippen molar-refractivity contribution in [2.45, 2.75) is 13.1 Å². The van der Waals surface area contributed by atoms with Crippen LogP contribution in [0.5, 0.6) is 5.75 Å². The van der Waals surface area contributed by atoms with Crippen molar-refractivity contribution in [2.24, 2.45) is 5.73 Å². The number of carbonyl (C=O) groups excluding carboxylic acids is 4. The van der Waals surface area contributed by atoms with E-state index < -0.39 is 23.5 Å². The Morgan fingerprint density at radius 3 is 2.68 bits per heavy atom. The number of nitrogens with one attached hydrogen (secondary N) is 3. The highest BCUT2D eigenvalue weighted by Gasteiger charge is 2.21. The topological polar surface area (TPSA) is 170 Å². The van der Waals surface area contributed by atoms with Crippen LogP contribution in [0, 0.1) is 5.82 Å². The van der Waals surface area contributed by atoms with E-state index in [1.165, 1.54) is 12.1 Å². The lowest BCUT2D eigenvalue weighted by Gasteiger charge is -2.18. The van der Waals surface area contributed by atoms with Gasteiger partial charge in [-0.3, -0.25) is 19.2 Å². The lowest BCUT2D eigenvalue weighted by Crippen LogP contribution is -2.29. The number of aromatic nitrogens is 3. The van der Waals surface area contributed by atoms with E-state index in [0.717, 1.165) is 10.7 Å². The lowest BCUT2D eigenvalue weighted by molar-refractivity contribution is -0.118. The predicted molar refractivity (Wildman–Crippen MR) is 131 cm³/mol. The first kappa shape index (κ1) is 24.4. The zero-order chi connectivity index (χ0) is 26.8. The third-order valence-corrected chi connectivity index (χ3v) is 5.75. The molecule has 5 N–H and O–H groups in total. The molecule has 4 aromatic rings. The number of halogens is 1. The third-order valence-electron chi connectivity index (χ3n) is 5.75. The first-order chi connectivity index (χ1) is 18.3. The van der Waals surface area contributed by atoms with Crippen LogP contribution in [0.1, 0.15) is 42.5 Å². The summed E-state index contributed by atoms with van der Waals surface area (Å²) < 4.78 is 20.7. The molecule has 1 aliphatic heterocycles. The fourth-order valence-electron chi connectivity index (χ4n) is 3.91. The van der Waals surface area contributed by atoms with E-state index in [0.29, 0.717) is 22.6 Å². The van der Waals surface area contributed by atoms with Crippen molar-refractivity contribution in [1.29, 1.82) is 0 Å². The highest BCUT2D eigenvalue weighted by molar-refractivity contribution is 5.99. The maximum Gasteiger partial charge on any atom is 0.270 e. The molecule has 0 atom stereocenters. The van der Waals surface area contributed by atoms with Crippen molar-refractivity contribution >= 4 is 35.0 Å². The Labute approximate surface area is 214 Å². The van der Waals surface area contributed by atoms with Crippen molar-refractivity contribution in [1.82, 2.24) is 25.2 Å². The van der Waals surface area contributed by atoms with Gasteiger partial charge in [-0.15, -0.1) is 0 Å². The second kappa shape index (κ2) is 9.97. The lowest BCUT2D eigenvalue weighted by atomic mass is 10.1. The highest BCUT2D eigenvalue weighted by Crippen LogP contribution is 2.28. The minimum absolute atomic E-state index is 0.0500. The van der Waals surface area contributed by atoms with Gasteiger partial charge in [-0.05, 0) is 29.3 Å². The molecule has 0 bridgehead atoms. The summed E-state index contributed by atoms with van der Waals surface area (Å²) >= 11 is 0. The molecule has 38 heavy (non-hydrogen) atoms. The standard InChI is InChI=1S/C25H20FN7O5/c26-16-11-30-33-19(25(37)29-10-14-3-1-2-4-15(14)22(27)35)8-18(32-23(16)33)24(36)28-9-13-5-6-20-17(7-13)31-21(34)12-38-20/h1-8,11H,9-10,12H2,(H2,27,35)(H,28,36)(H,29,37)(H,31,34). The number of nitrogens with zero attached hydrogens (tertiary/aromatic N) is 3. The second-order valence-electron chi connectivity index (χ2n) is 8.31. The van der Waals surface area contributed by atoms with Gasteiger partial charge in [0.1, 0.15) is 17.1 Å². The monoisotopic (exact) mass is 517 g/mol. The van der Waals surface area contributed by atoms with Gasteiger partial charge < -0.3 is 26.4 Å². The van der Waals surface area contributed by atoms with E-state index in [-0.39, 0.29) is 48.2 Å². The summed E-state index contributed by atoms with van der Waals surface area (Å²) in [7, 11) is 0. The molecule has 2 aromatic heterocycles. The molecule has 0 saturated heterocycles. The molecule has 192 valence electrons. The van der Waals surface area contributed by atoms with Gasteiger partial charge in [-0.1, -0.05) is 24.3 Å². The van der Waals surface area contributed by atoms with Crippen LogP contribution in [-0.4, -0.2) is 44.8 Å². The molecular formula is C25H20FN7O5. The van der Waals surface area contributed by atoms with Gasteiger partial charge in [-0.25, -0.2) is 13.9 Å². The Morgan fingerprint density at radius 2 is 1.87 bits per heavy atom. The highest BCUT2D eigenvalue weighted by atomic mass is 19.1. The first-order valence-corrected chi connectivity index (χ1v) is 11.3. The van der Waals surface area contributed by atoms with Crippen LogP contribution in [0.15, 0.2) is 54.7 Å². The van der Waals surface area contributed by atoms with Crippen LogP contribution in [0.3, 0.4) is 0 Å². The minimum Gasteiger partial charge on any atom is -0.482 e. The molecule has 13 heteroatoms. The Hall–Kier alpha value is -5.33. The first-order valence-electron chi connectivity index (χ1n) is 11.3. The zero-order valence-corrected chi connectivity index (χ0v) is 19.7. The van der Waals surface area contributed by atoms with Crippen molar-refractivity contribution < 1.29 is 28.3 Å². The van der Waals surface area contributed by atoms with Crippen LogP contribution in [0.25, 0.3) is 5.65 Å². The van der Waals surface area contributed by atoms with Crippen LogP contribution in [-0.2, 0) is 17.9 Å². The Kier molecular flexibility index (Phi) is 6.39. The number of hydrogen-bond acceptors (Lipinski definition) is 7. The van der Waals surface area contributed by atoms with Gasteiger partial charge in [0.15, 0.2) is 18.1 Å². The van der Waals surface area contributed by atoms with Gasteiger partial charge in [-0.2, -0.15) is 5.10 Å². The summed E-state index contributed by atoms with van der Waals surface area (Å²) in [4.78, 5) is 53.2. The molecule has 0 radical (unpaired) electrons. The molecule has 1 aliphatic rings. The van der Waals surface area contributed by atoms with Gasteiger partial charge in [0, 0.05) is 24.7 Å². The summed E-state index contributed by atoms with van der Waals surface area (Å²) in [6, 6.07) is 12.7. The van der Waals surface area contributed by atoms with E-state index in [4.69, 9.17) is 10.5 Å². The van der Waals surface area contributed by atoms with E-state index in [1.54, 1.807) is 36.4 Å². The number of hydrogen-bond donors (Lipinski definition) is 4. The number of primary amides is 1. The van der Waals surface area contributed by atoms with Gasteiger partial charge in [0.25, 0.3) is 17.7 Å². The Morgan fingerprint density at radius 1 is 1.08 bits per heavy atom. The number of benzene rings is 2. The fourth-order valence-corrected chi connectivity index (χ4v) is 3.91. The summed E-state index contributed by atoms with van der Waals surface area (Å²) in [5.74, 6) is -2.60. The van der Waals surface area contributed by atoms with E-state index in [2.05, 4.69) is 26.0 Å². The second-order valence-corrected chi connectivity index (χ2v) is 8.31. The molecule has 3 heterocycles. The van der Waals surface area contributed by atoms with Crippen LogP contribution in [0.2, 0.25) is 0 Å². The van der Waals surface area contributed by atoms with E-state index in [9.17, 15) is 23.6 Å². The molecule has 4 amide bonds. The Bertz CT molecular complexity index is 1620. The number of ether oxygens (including phenoxy) is 1. The predicted octanol–water partition coefficient (Wildman–Crippen LogP) is 1.16. The fraction of sp³-hybridized carbons (Fsp3) is 0.120. The molecule has 0 aliphatic carbocycles. The quantitative estimate of drug-likeness (QED) is 0.285. The van der Waals surface area contributed by atoms with Gasteiger partial charge in [0.2, 0.25) is 5.91 Å². The maximum atomic E-state index is 14.4. The van der Waals surface area contributed by atoms with Crippen molar-refractivity contribution in [2.75, 3.05) is 11.9 Å². The summed E-state index contributed by atoms with van der Waals surface area (Å²) in [6.45, 7) is -0.0659. The van der Waals surface area contributed by atoms with Gasteiger partial charge >= 0.3 is 0 Å². The third kappa shape index (κ3) is 4.84. The van der Waals surface area contributed by atoms with Crippen LogP contribution in [0.4, 0.5) is 10.1 Å². The number of fused-ring (bicyclic) bond motifs is 2. The average Bonchev–Trinajstić information content (AvgIpc) is 3.30. The molecule has 12 nitrogen and oxygen atoms in total. The van der Waals surface area contributed by atoms with Crippen LogP contribution >= 0.6 is 0 Å². The molecular weight excluding hydrogens is 497 g/mol. The zero-order valence-electron chi connectivity index (χ0n) is 19.7. The smallest absolute Gasteiger partial charge is 0.270 e. The summed E-state index contributed by atoms with van der Waals surface area (Å²) in [6.07, 6.45) is 0.882. The molecule has 0 fully saturated rings. The Balaban J connectivity index is 1.35. The number of carbonyl (C=O) groups is 4. The number of rotatable bonds is 7. The van der Waals surface area contributed by atoms with Crippen molar-refractivity contribution in [3.05, 3.63) is 88.6 Å². The largest absolute Gasteiger partial charge is 0.482 e. The van der Waals surface area contributed by atoms with Gasteiger partial charge in [0.05, 0.1) is 11.9 Å². The van der Waals surface area contributed by atoms with Crippen molar-refractivity contribution in [3.63, 3.8) is 0 Å². The van der Waals surface area contributed by atoms with Crippen LogP contribution < -0.4 is 26.4 Å². The molecule has 0 saturated carbocycles. The summed E-state index contributed by atoms with van der Waals surface area (Å²) in [5, 5.41) is 11.8. The minimum atomic E-state index is -0.821. The molecule has 2 aromatic carbocycles. The van der Waals surface area contributed by atoms with E-state index in [1.807, 2.05) is 0 Å². The molecule has 0 spiro atoms. The summed E-state index contributed by atoms with van der Waals surface area (Å²) in [5.41, 5.74) is 6.58. The maximum absolute atomic E-state index is 14.4. The normalized spacial score (nSPS) is 12.3. The SMILES string of the molecule is NC(=O)c1ccccc1CNC(=O)c1cc(C(=O)NCc2ccc3c(c2)NC(=O)CO3)nc2c(F)cnn12. The average molecular weight is 517 g/mol. The van der Waals surface area contributed by atoms with Crippen molar-refractivity contribution in [3.8, 4) is 5.75 Å². The number of nitrogens with two attached hydrogens (primary N) is 1. The van der Waals surface area contributed by atoms with E-state index >= 15 is 0 Å². The number of anilines is 1. The molecule has 0 unspecified atom stereocenters.